The Morgan fingerprint density at radius 2 is 1.04 bits per heavy atom. The van der Waals surface area contributed by atoms with E-state index in [4.69, 9.17) is 0 Å². The minimum atomic E-state index is 1.11. The van der Waals surface area contributed by atoms with Crippen molar-refractivity contribution < 1.29 is 0 Å². The van der Waals surface area contributed by atoms with Crippen LogP contribution < -0.4 is 4.90 Å². The molecule has 0 N–H and O–H groups in total. The maximum absolute atomic E-state index is 2.43. The molecule has 0 fully saturated rings. The average Bonchev–Trinajstić information content (AvgIpc) is 3.69. The molecule has 9 aromatic rings. The highest BCUT2D eigenvalue weighted by Gasteiger charge is 2.18. The van der Waals surface area contributed by atoms with Crippen molar-refractivity contribution in [1.29, 1.82) is 0 Å². The van der Waals surface area contributed by atoms with Gasteiger partial charge in [0.05, 0.1) is 16.6 Å². The molecule has 2 aromatic heterocycles. The first-order valence-corrected chi connectivity index (χ1v) is 15.4. The van der Waals surface area contributed by atoms with Crippen LogP contribution in [0, 0.1) is 0 Å². The molecule has 0 saturated carbocycles. The molecule has 0 radical (unpaired) electrons. The topological polar surface area (TPSA) is 13.1 Å². The molecule has 45 heavy (non-hydrogen) atoms. The van der Waals surface area contributed by atoms with Crippen molar-refractivity contribution in [2.24, 2.45) is 0 Å². The van der Waals surface area contributed by atoms with Gasteiger partial charge in [0.2, 0.25) is 0 Å². The predicted molar refractivity (Wildman–Crippen MR) is 190 cm³/mol. The van der Waals surface area contributed by atoms with Gasteiger partial charge in [-0.2, -0.15) is 0 Å². The monoisotopic (exact) mass is 575 g/mol. The zero-order valence-electron chi connectivity index (χ0n) is 24.6. The van der Waals surface area contributed by atoms with Crippen LogP contribution in [0.15, 0.2) is 176 Å². The first-order valence-electron chi connectivity index (χ1n) is 15.4. The third kappa shape index (κ3) is 4.13. The largest absolute Gasteiger partial charge is 0.316 e. The number of para-hydroxylation sites is 3. The summed E-state index contributed by atoms with van der Waals surface area (Å²) in [6.07, 6.45) is 2.19. The van der Waals surface area contributed by atoms with Gasteiger partial charge >= 0.3 is 0 Å². The van der Waals surface area contributed by atoms with E-state index in [1.165, 1.54) is 43.5 Å². The van der Waals surface area contributed by atoms with E-state index in [-0.39, 0.29) is 0 Å². The molecule has 0 unspecified atom stereocenters. The third-order valence-electron chi connectivity index (χ3n) is 8.91. The van der Waals surface area contributed by atoms with Gasteiger partial charge in [-0.05, 0) is 89.6 Å². The molecular weight excluding hydrogens is 546 g/mol. The van der Waals surface area contributed by atoms with Gasteiger partial charge in [-0.25, -0.2) is 0 Å². The van der Waals surface area contributed by atoms with Gasteiger partial charge in [0.15, 0.2) is 0 Å². The Labute approximate surface area is 261 Å². The Kier molecular flexibility index (Phi) is 5.82. The Balaban J connectivity index is 1.23. The molecule has 0 saturated heterocycles. The van der Waals surface area contributed by atoms with Crippen molar-refractivity contribution in [3.8, 4) is 11.4 Å². The molecule has 212 valence electrons. The molecular formula is C42H29N3. The zero-order valence-corrected chi connectivity index (χ0v) is 24.6. The van der Waals surface area contributed by atoms with Crippen LogP contribution in [-0.4, -0.2) is 9.13 Å². The van der Waals surface area contributed by atoms with Crippen molar-refractivity contribution in [3.63, 3.8) is 0 Å². The second-order valence-electron chi connectivity index (χ2n) is 11.5. The van der Waals surface area contributed by atoms with E-state index in [1.807, 2.05) is 0 Å². The van der Waals surface area contributed by atoms with Crippen molar-refractivity contribution in [2.75, 3.05) is 4.90 Å². The van der Waals surface area contributed by atoms with Crippen LogP contribution in [0.1, 0.15) is 0 Å². The van der Waals surface area contributed by atoms with Crippen LogP contribution in [0.5, 0.6) is 0 Å². The molecule has 3 nitrogen and oxygen atoms in total. The molecule has 9 rings (SSSR count). The highest BCUT2D eigenvalue weighted by atomic mass is 15.1. The van der Waals surface area contributed by atoms with E-state index < -0.39 is 0 Å². The minimum absolute atomic E-state index is 1.11. The minimum Gasteiger partial charge on any atom is -0.316 e. The number of fused-ring (bicyclic) bond motifs is 6. The van der Waals surface area contributed by atoms with Crippen LogP contribution in [0.25, 0.3) is 54.9 Å². The molecule has 3 heteroatoms. The maximum Gasteiger partial charge on any atom is 0.0635 e. The molecule has 2 heterocycles. The lowest BCUT2D eigenvalue weighted by molar-refractivity contribution is 1.13. The molecule has 7 aromatic carbocycles. The number of nitrogens with zero attached hydrogens (tertiary/aromatic N) is 3. The van der Waals surface area contributed by atoms with Gasteiger partial charge in [0.1, 0.15) is 0 Å². The van der Waals surface area contributed by atoms with Gasteiger partial charge in [-0.15, -0.1) is 0 Å². The highest BCUT2D eigenvalue weighted by molar-refractivity contribution is 6.18. The smallest absolute Gasteiger partial charge is 0.0635 e. The summed E-state index contributed by atoms with van der Waals surface area (Å²) in [6.45, 7) is 0. The molecule has 0 aliphatic heterocycles. The van der Waals surface area contributed by atoms with E-state index in [0.717, 1.165) is 28.4 Å². The number of anilines is 3. The Hall–Kier alpha value is -6.06. The predicted octanol–water partition coefficient (Wildman–Crippen LogP) is 11.4. The van der Waals surface area contributed by atoms with Crippen LogP contribution in [0.3, 0.4) is 0 Å². The van der Waals surface area contributed by atoms with E-state index in [0.29, 0.717) is 0 Å². The lowest BCUT2D eigenvalue weighted by Crippen LogP contribution is -2.10. The second-order valence-corrected chi connectivity index (χ2v) is 11.5. The van der Waals surface area contributed by atoms with E-state index >= 15 is 0 Å². The maximum atomic E-state index is 2.43. The number of aromatic nitrogens is 2. The van der Waals surface area contributed by atoms with Gasteiger partial charge in [-0.3, -0.25) is 0 Å². The summed E-state index contributed by atoms with van der Waals surface area (Å²) >= 11 is 0. The summed E-state index contributed by atoms with van der Waals surface area (Å²) in [5.74, 6) is 0. The van der Waals surface area contributed by atoms with E-state index in [2.05, 4.69) is 190 Å². The summed E-state index contributed by atoms with van der Waals surface area (Å²) in [5, 5.41) is 6.22. The molecule has 0 amide bonds. The summed E-state index contributed by atoms with van der Waals surface area (Å²) in [6, 6.07) is 60.9. The lowest BCUT2D eigenvalue weighted by atomic mass is 10.1. The molecule has 0 bridgehead atoms. The second kappa shape index (κ2) is 10.3. The summed E-state index contributed by atoms with van der Waals surface area (Å²) in [7, 11) is 0. The molecule has 0 aliphatic carbocycles. The molecule has 0 atom stereocenters. The van der Waals surface area contributed by atoms with Gasteiger partial charge < -0.3 is 14.0 Å². The Morgan fingerprint density at radius 1 is 0.378 bits per heavy atom. The fourth-order valence-electron chi connectivity index (χ4n) is 6.85. The number of rotatable bonds is 5. The third-order valence-corrected chi connectivity index (χ3v) is 8.91. The van der Waals surface area contributed by atoms with Crippen LogP contribution in [0.4, 0.5) is 17.1 Å². The van der Waals surface area contributed by atoms with Gasteiger partial charge in [0, 0.05) is 50.8 Å². The fraction of sp³-hybridized carbons (Fsp3) is 0. The van der Waals surface area contributed by atoms with E-state index in [9.17, 15) is 0 Å². The Bertz CT molecular complexity index is 2470. The van der Waals surface area contributed by atoms with Crippen LogP contribution in [-0.2, 0) is 0 Å². The number of hydrogen-bond donors (Lipinski definition) is 0. The van der Waals surface area contributed by atoms with Crippen molar-refractivity contribution >= 4 is 60.5 Å². The van der Waals surface area contributed by atoms with Crippen molar-refractivity contribution in [3.05, 3.63) is 176 Å². The fourth-order valence-corrected chi connectivity index (χ4v) is 6.85. The lowest BCUT2D eigenvalue weighted by Gasteiger charge is -2.26. The number of benzene rings is 7. The number of hydrogen-bond acceptors (Lipinski definition) is 1. The normalized spacial score (nSPS) is 11.6. The van der Waals surface area contributed by atoms with E-state index in [1.54, 1.807) is 0 Å². The van der Waals surface area contributed by atoms with Crippen LogP contribution >= 0.6 is 0 Å². The molecule has 0 spiro atoms. The summed E-state index contributed by atoms with van der Waals surface area (Å²) < 4.78 is 4.70. The van der Waals surface area contributed by atoms with Crippen molar-refractivity contribution in [2.45, 2.75) is 0 Å². The first kappa shape index (κ1) is 25.4. The molecule has 0 aliphatic rings. The first-order chi connectivity index (χ1) is 22.3. The summed E-state index contributed by atoms with van der Waals surface area (Å²) in [4.78, 5) is 2.33. The highest BCUT2D eigenvalue weighted by Crippen LogP contribution is 2.40. The van der Waals surface area contributed by atoms with Crippen LogP contribution in [0.2, 0.25) is 0 Å². The quantitative estimate of drug-likeness (QED) is 0.199. The van der Waals surface area contributed by atoms with Gasteiger partial charge in [0.25, 0.3) is 0 Å². The average molecular weight is 576 g/mol. The van der Waals surface area contributed by atoms with Crippen molar-refractivity contribution in [1.82, 2.24) is 9.13 Å². The summed E-state index contributed by atoms with van der Waals surface area (Å²) in [5.41, 5.74) is 9.29. The van der Waals surface area contributed by atoms with Gasteiger partial charge in [-0.1, -0.05) is 91.0 Å². The Morgan fingerprint density at radius 3 is 1.87 bits per heavy atom. The standard InChI is InChI=1S/C42H29N3/c1-3-13-32(14-4-1)43-28-27-39-40(43)26-25-38-37-17-9-10-18-41(37)45(42(38)39)35-23-21-34(22-24-35)44(33-15-5-2-6-16-33)36-20-19-30-11-7-8-12-31(30)29-36/h1-29H. The zero-order chi connectivity index (χ0) is 29.7. The SMILES string of the molecule is c1ccc(N(c2ccc(-n3c4ccccc4c4ccc5c(ccn5-c5ccccc5)c43)cc2)c2ccc3ccccc3c2)cc1.